The van der Waals surface area contributed by atoms with Crippen molar-refractivity contribution < 1.29 is 32.2 Å². The highest BCUT2D eigenvalue weighted by Gasteiger charge is 2.51. The number of anilines is 2. The first-order valence-corrected chi connectivity index (χ1v) is 9.27. The molecule has 0 saturated carbocycles. The van der Waals surface area contributed by atoms with Crippen LogP contribution in [-0.4, -0.2) is 35.3 Å². The van der Waals surface area contributed by atoms with Crippen LogP contribution in [0, 0.1) is 0 Å². The molecule has 0 spiro atoms. The minimum absolute atomic E-state index is 0.184. The quantitative estimate of drug-likeness (QED) is 0.713. The number of carbonyl (C=O) groups is 2. The molecule has 1 aromatic carbocycles. The standard InChI is InChI=1S/C20H20F3N3O4/c1-3-4-12-26-16-15(6-5-11-24-16)30-19(2,18(26)28)17(27)25-13-7-9-14(10-8-13)29-20(21,22)23/h5-11H,3-4,12H2,1-2H3,(H,25,27). The van der Waals surface area contributed by atoms with Crippen molar-refractivity contribution in [2.45, 2.75) is 38.7 Å². The van der Waals surface area contributed by atoms with Crippen LogP contribution in [0.25, 0.3) is 0 Å². The fraction of sp³-hybridized carbons (Fsp3) is 0.350. The van der Waals surface area contributed by atoms with Crippen molar-refractivity contribution in [2.75, 3.05) is 16.8 Å². The van der Waals surface area contributed by atoms with Crippen molar-refractivity contribution in [3.63, 3.8) is 0 Å². The average molecular weight is 423 g/mol. The van der Waals surface area contributed by atoms with Crippen molar-refractivity contribution in [1.29, 1.82) is 0 Å². The third-order valence-corrected chi connectivity index (χ3v) is 4.49. The van der Waals surface area contributed by atoms with Gasteiger partial charge in [0.05, 0.1) is 0 Å². The van der Waals surface area contributed by atoms with E-state index in [-0.39, 0.29) is 5.69 Å². The second kappa shape index (κ2) is 8.21. The van der Waals surface area contributed by atoms with Gasteiger partial charge in [-0.2, -0.15) is 0 Å². The van der Waals surface area contributed by atoms with Crippen molar-refractivity contribution in [2.24, 2.45) is 0 Å². The molecule has 7 nitrogen and oxygen atoms in total. The summed E-state index contributed by atoms with van der Waals surface area (Å²) in [6.07, 6.45) is -1.74. The van der Waals surface area contributed by atoms with E-state index in [2.05, 4.69) is 15.0 Å². The number of halogens is 3. The number of nitrogens with zero attached hydrogens (tertiary/aromatic N) is 2. The topological polar surface area (TPSA) is 80.8 Å². The van der Waals surface area contributed by atoms with Gasteiger partial charge in [0.2, 0.25) is 0 Å². The molecule has 0 bridgehead atoms. The van der Waals surface area contributed by atoms with Gasteiger partial charge in [-0.3, -0.25) is 14.5 Å². The highest BCUT2D eigenvalue weighted by atomic mass is 19.4. The lowest BCUT2D eigenvalue weighted by Gasteiger charge is -2.38. The summed E-state index contributed by atoms with van der Waals surface area (Å²) in [5.41, 5.74) is -1.69. The average Bonchev–Trinajstić information content (AvgIpc) is 2.69. The Kier molecular flexibility index (Phi) is 5.86. The normalized spacial score (nSPS) is 18.4. The lowest BCUT2D eigenvalue weighted by atomic mass is 10.0. The van der Waals surface area contributed by atoms with Crippen molar-refractivity contribution >= 4 is 23.3 Å². The van der Waals surface area contributed by atoms with Crippen LogP contribution >= 0.6 is 0 Å². The molecule has 1 N–H and O–H groups in total. The van der Waals surface area contributed by atoms with Gasteiger partial charge >= 0.3 is 6.36 Å². The van der Waals surface area contributed by atoms with Gasteiger partial charge in [-0.05, 0) is 49.7 Å². The molecule has 0 aliphatic carbocycles. The number of benzene rings is 1. The number of pyridine rings is 1. The monoisotopic (exact) mass is 423 g/mol. The zero-order chi connectivity index (χ0) is 21.9. The minimum Gasteiger partial charge on any atom is -0.464 e. The highest BCUT2D eigenvalue weighted by Crippen LogP contribution is 2.36. The molecular weight excluding hydrogens is 403 g/mol. The van der Waals surface area contributed by atoms with E-state index in [0.29, 0.717) is 24.5 Å². The third kappa shape index (κ3) is 4.47. The maximum absolute atomic E-state index is 13.1. The van der Waals surface area contributed by atoms with Crippen LogP contribution < -0.4 is 19.7 Å². The van der Waals surface area contributed by atoms with E-state index in [1.807, 2.05) is 6.92 Å². The summed E-state index contributed by atoms with van der Waals surface area (Å²) >= 11 is 0. The molecule has 1 aliphatic heterocycles. The predicted molar refractivity (Wildman–Crippen MR) is 102 cm³/mol. The lowest BCUT2D eigenvalue weighted by molar-refractivity contribution is -0.274. The summed E-state index contributed by atoms with van der Waals surface area (Å²) in [6, 6.07) is 7.83. The Morgan fingerprint density at radius 2 is 1.97 bits per heavy atom. The molecule has 1 aliphatic rings. The van der Waals surface area contributed by atoms with Crippen LogP contribution in [0.3, 0.4) is 0 Å². The Balaban J connectivity index is 1.81. The Morgan fingerprint density at radius 3 is 2.60 bits per heavy atom. The smallest absolute Gasteiger partial charge is 0.464 e. The zero-order valence-corrected chi connectivity index (χ0v) is 16.3. The fourth-order valence-electron chi connectivity index (χ4n) is 2.94. The molecule has 2 amide bonds. The van der Waals surface area contributed by atoms with Gasteiger partial charge in [0, 0.05) is 18.4 Å². The summed E-state index contributed by atoms with van der Waals surface area (Å²) in [5.74, 6) is -1.12. The Hall–Kier alpha value is -3.30. The molecule has 3 rings (SSSR count). The van der Waals surface area contributed by atoms with Crippen molar-refractivity contribution in [3.8, 4) is 11.5 Å². The third-order valence-electron chi connectivity index (χ3n) is 4.49. The lowest BCUT2D eigenvalue weighted by Crippen LogP contribution is -2.61. The first-order chi connectivity index (χ1) is 14.1. The van der Waals surface area contributed by atoms with E-state index in [4.69, 9.17) is 4.74 Å². The van der Waals surface area contributed by atoms with Crippen molar-refractivity contribution in [3.05, 3.63) is 42.6 Å². The number of fused-ring (bicyclic) bond motifs is 1. The maximum Gasteiger partial charge on any atom is 0.573 e. The fourth-order valence-corrected chi connectivity index (χ4v) is 2.94. The molecule has 1 unspecified atom stereocenters. The van der Waals surface area contributed by atoms with Gasteiger partial charge < -0.3 is 14.8 Å². The van der Waals surface area contributed by atoms with Crippen LogP contribution in [0.1, 0.15) is 26.7 Å². The van der Waals surface area contributed by atoms with Gasteiger partial charge in [0.25, 0.3) is 17.4 Å². The summed E-state index contributed by atoms with van der Waals surface area (Å²) in [5, 5.41) is 2.51. The summed E-state index contributed by atoms with van der Waals surface area (Å²) in [6.45, 7) is 3.69. The van der Waals surface area contributed by atoms with Crippen LogP contribution in [0.4, 0.5) is 24.7 Å². The molecular formula is C20H20F3N3O4. The van der Waals surface area contributed by atoms with Gasteiger partial charge in [0.1, 0.15) is 5.75 Å². The number of alkyl halides is 3. The summed E-state index contributed by atoms with van der Waals surface area (Å²) in [4.78, 5) is 31.7. The second-order valence-electron chi connectivity index (χ2n) is 6.80. The number of hydrogen-bond acceptors (Lipinski definition) is 5. The van der Waals surface area contributed by atoms with Crippen LogP contribution in [0.15, 0.2) is 42.6 Å². The zero-order valence-electron chi connectivity index (χ0n) is 16.3. The van der Waals surface area contributed by atoms with Crippen LogP contribution in [0.5, 0.6) is 11.5 Å². The number of nitrogens with one attached hydrogen (secondary N) is 1. The van der Waals surface area contributed by atoms with Crippen LogP contribution in [0.2, 0.25) is 0 Å². The molecule has 2 heterocycles. The number of rotatable bonds is 6. The summed E-state index contributed by atoms with van der Waals surface area (Å²) < 4.78 is 46.4. The SMILES string of the molecule is CCCCN1C(=O)C(C)(C(=O)Nc2ccc(OC(F)(F)F)cc2)Oc2cccnc21. The van der Waals surface area contributed by atoms with Crippen LogP contribution in [-0.2, 0) is 9.59 Å². The molecule has 2 aromatic rings. The van der Waals surface area contributed by atoms with Gasteiger partial charge in [-0.25, -0.2) is 4.98 Å². The van der Waals surface area contributed by atoms with Crippen molar-refractivity contribution in [1.82, 2.24) is 4.98 Å². The second-order valence-corrected chi connectivity index (χ2v) is 6.80. The van der Waals surface area contributed by atoms with E-state index in [1.54, 1.807) is 12.1 Å². The highest BCUT2D eigenvalue weighted by molar-refractivity contribution is 6.19. The van der Waals surface area contributed by atoms with Gasteiger partial charge in [0.15, 0.2) is 11.6 Å². The Labute approximate surface area is 170 Å². The molecule has 0 radical (unpaired) electrons. The number of aromatic nitrogens is 1. The predicted octanol–water partition coefficient (Wildman–Crippen LogP) is 3.90. The number of hydrogen-bond donors (Lipinski definition) is 1. The molecule has 1 aromatic heterocycles. The first kappa shape index (κ1) is 21.4. The number of carbonyl (C=O) groups excluding carboxylic acids is 2. The van der Waals surface area contributed by atoms with E-state index in [0.717, 1.165) is 18.6 Å². The van der Waals surface area contributed by atoms with E-state index in [1.165, 1.54) is 30.2 Å². The molecule has 0 saturated heterocycles. The summed E-state index contributed by atoms with van der Waals surface area (Å²) in [7, 11) is 0. The van der Waals surface area contributed by atoms with E-state index in [9.17, 15) is 22.8 Å². The molecule has 0 fully saturated rings. The Morgan fingerprint density at radius 1 is 1.27 bits per heavy atom. The van der Waals surface area contributed by atoms with Gasteiger partial charge in [-0.1, -0.05) is 13.3 Å². The molecule has 30 heavy (non-hydrogen) atoms. The number of unbranched alkanes of at least 4 members (excludes halogenated alkanes) is 1. The molecule has 160 valence electrons. The molecule has 10 heteroatoms. The minimum atomic E-state index is -4.82. The molecule has 1 atom stereocenters. The Bertz CT molecular complexity index is 934. The maximum atomic E-state index is 13.1. The number of ether oxygens (including phenoxy) is 2. The van der Waals surface area contributed by atoms with E-state index >= 15 is 0 Å². The first-order valence-electron chi connectivity index (χ1n) is 9.27. The van der Waals surface area contributed by atoms with Gasteiger partial charge in [-0.15, -0.1) is 13.2 Å². The largest absolute Gasteiger partial charge is 0.573 e. The van der Waals surface area contributed by atoms with E-state index < -0.39 is 29.5 Å². The number of amides is 2.